The topological polar surface area (TPSA) is 89.6 Å². The second-order valence-electron chi connectivity index (χ2n) is 4.35. The van der Waals surface area contributed by atoms with Gasteiger partial charge in [-0.2, -0.15) is 0 Å². The first-order valence-corrected chi connectivity index (χ1v) is 8.55. The van der Waals surface area contributed by atoms with Gasteiger partial charge in [0.05, 0.1) is 6.54 Å². The number of nitrogens with two attached hydrogens (primary N) is 1. The summed E-state index contributed by atoms with van der Waals surface area (Å²) in [7, 11) is 0. The maximum Gasteiger partial charge on any atom is 0.328 e. The minimum absolute atomic E-state index is 0.252. The highest BCUT2D eigenvalue weighted by atomic mass is 16.1. The number of fused-ring (bicyclic) bond motifs is 1. The van der Waals surface area contributed by atoms with E-state index >= 15 is 0 Å². The highest BCUT2D eigenvalue weighted by molar-refractivity contribution is 5.81. The van der Waals surface area contributed by atoms with Crippen LogP contribution in [-0.2, 0) is 6.54 Å². The van der Waals surface area contributed by atoms with Gasteiger partial charge in [0.15, 0.2) is 11.5 Å². The number of hydrogen-bond donors (Lipinski definition) is 2. The summed E-state index contributed by atoms with van der Waals surface area (Å²) in [4.78, 5) is 22.8. The fraction of sp³-hybridized carbons (Fsp3) is 0.421. The zero-order chi connectivity index (χ0) is 20.0. The van der Waals surface area contributed by atoms with Crippen LogP contribution in [0.3, 0.4) is 0 Å². The lowest BCUT2D eigenvalue weighted by Gasteiger charge is -2.04. The smallest absolute Gasteiger partial charge is 0.328 e. The zero-order valence-electron chi connectivity index (χ0n) is 16.7. The monoisotopic (exact) mass is 347 g/mol. The van der Waals surface area contributed by atoms with Crippen molar-refractivity contribution in [2.75, 3.05) is 5.73 Å². The van der Waals surface area contributed by atoms with Crippen LogP contribution in [0, 0.1) is 6.92 Å². The molecule has 6 heteroatoms. The summed E-state index contributed by atoms with van der Waals surface area (Å²) in [6.45, 7) is 21.0. The molecule has 25 heavy (non-hydrogen) atoms. The van der Waals surface area contributed by atoms with E-state index in [9.17, 15) is 4.79 Å². The molecule has 0 aliphatic rings. The number of hydrogen-bond acceptors (Lipinski definition) is 4. The molecule has 140 valence electrons. The normalized spacial score (nSPS) is 9.64. The van der Waals surface area contributed by atoms with Crippen molar-refractivity contribution in [2.45, 2.75) is 55.0 Å². The molecule has 3 N–H and O–H groups in total. The fourth-order valence-corrected chi connectivity index (χ4v) is 1.77. The number of imidazole rings is 1. The Morgan fingerprint density at radius 3 is 2.16 bits per heavy atom. The van der Waals surface area contributed by atoms with Gasteiger partial charge in [-0.1, -0.05) is 52.5 Å². The van der Waals surface area contributed by atoms with Crippen LogP contribution in [0.25, 0.3) is 11.2 Å². The molecule has 2 rings (SSSR count). The van der Waals surface area contributed by atoms with Crippen molar-refractivity contribution < 1.29 is 0 Å². The van der Waals surface area contributed by atoms with Gasteiger partial charge in [-0.15, -0.1) is 6.58 Å². The summed E-state index contributed by atoms with van der Waals surface area (Å²) >= 11 is 0. The molecule has 0 saturated heterocycles. The SMILES string of the molecule is C=C/C(=C\C)Cn1c(=O)[nH]c2c(N)nc(C)nc21.C=CC.CC.CC. The molecule has 0 aliphatic carbocycles. The summed E-state index contributed by atoms with van der Waals surface area (Å²) in [5.74, 6) is 0.822. The van der Waals surface area contributed by atoms with Gasteiger partial charge in [-0.3, -0.25) is 4.57 Å². The maximum atomic E-state index is 11.9. The number of aromatic amines is 1. The standard InChI is InChI=1S/C12H15N5O.C3H6.2C2H6/c1-4-8(5-2)6-17-11-9(16-12(17)18)10(13)14-7(3)15-11;1-3-2;2*1-2/h4-5H,1,6H2,2-3H3,(H,16,18)(H2,13,14,15);3H,1H2,2H3;2*1-2H3/b8-5+;;;. The molecular formula is C19H33N5O. The number of anilines is 1. The minimum atomic E-state index is -0.252. The summed E-state index contributed by atoms with van der Waals surface area (Å²) < 4.78 is 1.53. The van der Waals surface area contributed by atoms with Crippen LogP contribution < -0.4 is 11.4 Å². The van der Waals surface area contributed by atoms with Gasteiger partial charge in [0, 0.05) is 0 Å². The van der Waals surface area contributed by atoms with Crippen LogP contribution in [0.5, 0.6) is 0 Å². The molecule has 0 fully saturated rings. The Kier molecular flexibility index (Phi) is 13.6. The van der Waals surface area contributed by atoms with Crippen molar-refractivity contribution in [3.63, 3.8) is 0 Å². The molecule has 0 aromatic carbocycles. The number of nitrogens with zero attached hydrogens (tertiary/aromatic N) is 3. The summed E-state index contributed by atoms with van der Waals surface area (Å²) in [6.07, 6.45) is 5.36. The average Bonchev–Trinajstić information content (AvgIpc) is 2.93. The second kappa shape index (κ2) is 13.8. The molecule has 0 saturated carbocycles. The number of aromatic nitrogens is 4. The lowest BCUT2D eigenvalue weighted by Crippen LogP contribution is -2.17. The van der Waals surface area contributed by atoms with Gasteiger partial charge < -0.3 is 10.7 Å². The second-order valence-corrected chi connectivity index (χ2v) is 4.35. The maximum absolute atomic E-state index is 11.9. The Bertz CT molecular complexity index is 738. The first-order chi connectivity index (χ1) is 12.0. The van der Waals surface area contributed by atoms with Crippen molar-refractivity contribution in [1.29, 1.82) is 0 Å². The molecule has 2 aromatic rings. The van der Waals surface area contributed by atoms with Crippen LogP contribution in [0.15, 0.2) is 41.8 Å². The van der Waals surface area contributed by atoms with Crippen LogP contribution in [0.4, 0.5) is 5.82 Å². The molecule has 6 nitrogen and oxygen atoms in total. The number of allylic oxidation sites excluding steroid dienone is 4. The Morgan fingerprint density at radius 2 is 1.72 bits per heavy atom. The van der Waals surface area contributed by atoms with Crippen LogP contribution in [0.1, 0.15) is 47.4 Å². The summed E-state index contributed by atoms with van der Waals surface area (Å²) in [6, 6.07) is 0. The number of nitrogen functional groups attached to an aromatic ring is 1. The van der Waals surface area contributed by atoms with Gasteiger partial charge >= 0.3 is 5.69 Å². The molecule has 2 heterocycles. The van der Waals surface area contributed by atoms with Crippen molar-refractivity contribution in [1.82, 2.24) is 19.5 Å². The minimum Gasteiger partial charge on any atom is -0.382 e. The van der Waals surface area contributed by atoms with E-state index in [2.05, 4.69) is 28.1 Å². The van der Waals surface area contributed by atoms with Crippen LogP contribution in [0.2, 0.25) is 0 Å². The Hall–Kier alpha value is -2.63. The third kappa shape index (κ3) is 7.20. The van der Waals surface area contributed by atoms with Crippen LogP contribution >= 0.6 is 0 Å². The summed E-state index contributed by atoms with van der Waals surface area (Å²) in [5, 5.41) is 0. The van der Waals surface area contributed by atoms with Crippen molar-refractivity contribution in [3.05, 3.63) is 53.3 Å². The highest BCUT2D eigenvalue weighted by Gasteiger charge is 2.12. The molecule has 0 amide bonds. The van der Waals surface area contributed by atoms with E-state index in [-0.39, 0.29) is 11.5 Å². The first kappa shape index (κ1) is 24.6. The van der Waals surface area contributed by atoms with Crippen molar-refractivity contribution >= 4 is 17.0 Å². The van der Waals surface area contributed by atoms with Gasteiger partial charge in [0.25, 0.3) is 0 Å². The molecular weight excluding hydrogens is 314 g/mol. The lowest BCUT2D eigenvalue weighted by molar-refractivity contribution is 0.774. The Labute approximate surface area is 151 Å². The fourth-order valence-electron chi connectivity index (χ4n) is 1.77. The van der Waals surface area contributed by atoms with E-state index in [1.165, 1.54) is 4.57 Å². The van der Waals surface area contributed by atoms with E-state index in [0.29, 0.717) is 23.5 Å². The molecule has 2 aromatic heterocycles. The lowest BCUT2D eigenvalue weighted by atomic mass is 10.2. The molecule has 0 atom stereocenters. The number of H-pyrrole nitrogens is 1. The first-order valence-electron chi connectivity index (χ1n) is 8.55. The van der Waals surface area contributed by atoms with Crippen molar-refractivity contribution in [3.8, 4) is 0 Å². The Balaban J connectivity index is 0. The molecule has 0 bridgehead atoms. The largest absolute Gasteiger partial charge is 0.382 e. The third-order valence-corrected chi connectivity index (χ3v) is 2.74. The quantitative estimate of drug-likeness (QED) is 0.636. The average molecular weight is 348 g/mol. The number of rotatable bonds is 3. The van der Waals surface area contributed by atoms with E-state index in [1.807, 2.05) is 47.6 Å². The van der Waals surface area contributed by atoms with Gasteiger partial charge in [-0.25, -0.2) is 14.8 Å². The third-order valence-electron chi connectivity index (χ3n) is 2.74. The zero-order valence-corrected chi connectivity index (χ0v) is 16.7. The van der Waals surface area contributed by atoms with Crippen molar-refractivity contribution in [2.24, 2.45) is 0 Å². The molecule has 0 radical (unpaired) electrons. The van der Waals surface area contributed by atoms with E-state index in [0.717, 1.165) is 5.57 Å². The van der Waals surface area contributed by atoms with Gasteiger partial charge in [0.1, 0.15) is 11.3 Å². The highest BCUT2D eigenvalue weighted by Crippen LogP contribution is 2.14. The van der Waals surface area contributed by atoms with Gasteiger partial charge in [0.2, 0.25) is 0 Å². The van der Waals surface area contributed by atoms with Crippen LogP contribution in [-0.4, -0.2) is 19.5 Å². The predicted octanol–water partition coefficient (Wildman–Crippen LogP) is 4.39. The molecule has 0 spiro atoms. The predicted molar refractivity (Wildman–Crippen MR) is 110 cm³/mol. The van der Waals surface area contributed by atoms with E-state index < -0.39 is 0 Å². The molecule has 0 unspecified atom stereocenters. The van der Waals surface area contributed by atoms with E-state index in [1.54, 1.807) is 19.1 Å². The van der Waals surface area contributed by atoms with Gasteiger partial charge in [-0.05, 0) is 26.3 Å². The van der Waals surface area contributed by atoms with E-state index in [4.69, 9.17) is 5.73 Å². The Morgan fingerprint density at radius 1 is 1.20 bits per heavy atom. The number of aryl methyl sites for hydroxylation is 1. The number of nitrogens with one attached hydrogen (secondary N) is 1. The molecule has 0 aliphatic heterocycles. The summed E-state index contributed by atoms with van der Waals surface area (Å²) in [5.41, 5.74) is 7.45.